The van der Waals surface area contributed by atoms with Gasteiger partial charge in [-0.15, -0.1) is 0 Å². The second kappa shape index (κ2) is 6.54. The number of halogens is 2. The molecule has 0 saturated heterocycles. The van der Waals surface area contributed by atoms with Crippen molar-refractivity contribution in [3.05, 3.63) is 73.7 Å². The van der Waals surface area contributed by atoms with Crippen molar-refractivity contribution < 1.29 is 14.1 Å². The molecule has 126 valence electrons. The van der Waals surface area contributed by atoms with Crippen LogP contribution in [0.2, 0.25) is 10.0 Å². The quantitative estimate of drug-likeness (QED) is 0.521. The van der Waals surface area contributed by atoms with E-state index in [-0.39, 0.29) is 33.1 Å². The van der Waals surface area contributed by atoms with Crippen LogP contribution in [0.15, 0.2) is 46.9 Å². The van der Waals surface area contributed by atoms with Crippen molar-refractivity contribution >= 4 is 51.5 Å². The van der Waals surface area contributed by atoms with Crippen molar-refractivity contribution in [3.63, 3.8) is 0 Å². The Balaban J connectivity index is 2.03. The van der Waals surface area contributed by atoms with E-state index >= 15 is 0 Å². The average molecular weight is 378 g/mol. The number of non-ortho nitro benzene ring substituents is 1. The highest BCUT2D eigenvalue weighted by molar-refractivity contribution is 6.35. The molecule has 9 heteroatoms. The lowest BCUT2D eigenvalue weighted by Gasteiger charge is -2.08. The van der Waals surface area contributed by atoms with Gasteiger partial charge in [0.25, 0.3) is 11.6 Å². The highest BCUT2D eigenvalue weighted by atomic mass is 35.5. The van der Waals surface area contributed by atoms with Gasteiger partial charge >= 0.3 is 0 Å². The van der Waals surface area contributed by atoms with Crippen LogP contribution in [0.25, 0.3) is 11.0 Å². The van der Waals surface area contributed by atoms with E-state index in [4.69, 9.17) is 33.0 Å². The van der Waals surface area contributed by atoms with Crippen LogP contribution in [0, 0.1) is 15.5 Å². The maximum Gasteiger partial charge on any atom is 0.270 e. The second-order valence-corrected chi connectivity index (χ2v) is 5.89. The first kappa shape index (κ1) is 16.9. The van der Waals surface area contributed by atoms with E-state index in [2.05, 4.69) is 5.32 Å². The Bertz CT molecular complexity index is 1080. The summed E-state index contributed by atoms with van der Waals surface area (Å²) in [5.41, 5.74) is -0.0867. The van der Waals surface area contributed by atoms with E-state index in [1.165, 1.54) is 36.4 Å². The first-order chi connectivity index (χ1) is 11.8. The van der Waals surface area contributed by atoms with Gasteiger partial charge < -0.3 is 9.73 Å². The first-order valence-electron chi connectivity index (χ1n) is 6.88. The van der Waals surface area contributed by atoms with E-state index in [0.29, 0.717) is 10.4 Å². The lowest BCUT2D eigenvalue weighted by molar-refractivity contribution is -0.384. The SMILES string of the molecule is N=c1oc2ccc([N+](=O)[O-])cc2cc1C(=O)Nc1cc(Cl)ccc1Cl. The predicted octanol–water partition coefficient (Wildman–Crippen LogP) is 4.38. The molecule has 7 nitrogen and oxygen atoms in total. The van der Waals surface area contributed by atoms with Crippen molar-refractivity contribution in [3.8, 4) is 0 Å². The topological polar surface area (TPSA) is 109 Å². The molecule has 0 unspecified atom stereocenters. The molecule has 0 aliphatic rings. The summed E-state index contributed by atoms with van der Waals surface area (Å²) in [7, 11) is 0. The summed E-state index contributed by atoms with van der Waals surface area (Å²) in [6.45, 7) is 0. The van der Waals surface area contributed by atoms with Crippen LogP contribution in [0.3, 0.4) is 0 Å². The third-order valence-corrected chi connectivity index (χ3v) is 3.95. The zero-order valence-electron chi connectivity index (χ0n) is 12.4. The van der Waals surface area contributed by atoms with E-state index < -0.39 is 10.8 Å². The van der Waals surface area contributed by atoms with Crippen molar-refractivity contribution in [2.75, 3.05) is 5.32 Å². The minimum absolute atomic E-state index is 0.0935. The number of nitro benzene ring substituents is 1. The van der Waals surface area contributed by atoms with Crippen molar-refractivity contribution in [1.82, 2.24) is 0 Å². The fraction of sp³-hybridized carbons (Fsp3) is 0. The van der Waals surface area contributed by atoms with Crippen molar-refractivity contribution in [1.29, 1.82) is 5.41 Å². The van der Waals surface area contributed by atoms with Gasteiger partial charge in [-0.3, -0.25) is 20.3 Å². The number of amides is 1. The van der Waals surface area contributed by atoms with Gasteiger partial charge in [-0.2, -0.15) is 0 Å². The van der Waals surface area contributed by atoms with Crippen LogP contribution in [-0.2, 0) is 0 Å². The normalized spacial score (nSPS) is 10.6. The van der Waals surface area contributed by atoms with Gasteiger partial charge in [0, 0.05) is 22.5 Å². The lowest BCUT2D eigenvalue weighted by Crippen LogP contribution is -2.21. The number of carbonyl (C=O) groups is 1. The van der Waals surface area contributed by atoms with Gasteiger partial charge in [-0.05, 0) is 30.3 Å². The fourth-order valence-corrected chi connectivity index (χ4v) is 2.53. The Hall–Kier alpha value is -2.90. The number of nitro groups is 1. The molecule has 1 heterocycles. The summed E-state index contributed by atoms with van der Waals surface area (Å²) in [6, 6.07) is 9.81. The molecule has 0 aliphatic carbocycles. The summed E-state index contributed by atoms with van der Waals surface area (Å²) in [4.78, 5) is 22.8. The van der Waals surface area contributed by atoms with Crippen LogP contribution < -0.4 is 10.9 Å². The van der Waals surface area contributed by atoms with Gasteiger partial charge in [-0.1, -0.05) is 23.2 Å². The van der Waals surface area contributed by atoms with Crippen LogP contribution in [-0.4, -0.2) is 10.8 Å². The van der Waals surface area contributed by atoms with E-state index in [1.54, 1.807) is 6.07 Å². The molecule has 0 atom stereocenters. The molecule has 25 heavy (non-hydrogen) atoms. The molecule has 0 spiro atoms. The molecule has 0 fully saturated rings. The number of fused-ring (bicyclic) bond motifs is 1. The molecule has 1 amide bonds. The zero-order valence-corrected chi connectivity index (χ0v) is 13.9. The number of hydrogen-bond acceptors (Lipinski definition) is 5. The van der Waals surface area contributed by atoms with Gasteiger partial charge in [-0.25, -0.2) is 0 Å². The predicted molar refractivity (Wildman–Crippen MR) is 93.1 cm³/mol. The van der Waals surface area contributed by atoms with E-state index in [9.17, 15) is 14.9 Å². The Morgan fingerprint density at radius 3 is 2.64 bits per heavy atom. The molecule has 3 rings (SSSR count). The zero-order chi connectivity index (χ0) is 18.1. The molecule has 3 aromatic rings. The first-order valence-corrected chi connectivity index (χ1v) is 7.64. The minimum atomic E-state index is -0.647. The molecule has 2 N–H and O–H groups in total. The number of anilines is 1. The Morgan fingerprint density at radius 2 is 1.92 bits per heavy atom. The molecular formula is C16H9Cl2N3O4. The molecule has 2 aromatic carbocycles. The number of benzene rings is 2. The summed E-state index contributed by atoms with van der Waals surface area (Å²) in [6.07, 6.45) is 0. The van der Waals surface area contributed by atoms with Crippen LogP contribution in [0.1, 0.15) is 10.4 Å². The average Bonchev–Trinajstić information content (AvgIpc) is 2.57. The van der Waals surface area contributed by atoms with Gasteiger partial charge in [0.1, 0.15) is 11.1 Å². The Morgan fingerprint density at radius 1 is 1.16 bits per heavy atom. The molecule has 0 aliphatic heterocycles. The van der Waals surface area contributed by atoms with Crippen LogP contribution in [0.4, 0.5) is 11.4 Å². The summed E-state index contributed by atoms with van der Waals surface area (Å²) < 4.78 is 5.26. The highest BCUT2D eigenvalue weighted by Crippen LogP contribution is 2.26. The highest BCUT2D eigenvalue weighted by Gasteiger charge is 2.15. The number of rotatable bonds is 3. The maximum absolute atomic E-state index is 12.4. The molecular weight excluding hydrogens is 369 g/mol. The fourth-order valence-electron chi connectivity index (χ4n) is 2.19. The summed E-state index contributed by atoms with van der Waals surface area (Å²) >= 11 is 11.9. The van der Waals surface area contributed by atoms with Gasteiger partial charge in [0.05, 0.1) is 15.6 Å². The van der Waals surface area contributed by atoms with Crippen LogP contribution in [0.5, 0.6) is 0 Å². The summed E-state index contributed by atoms with van der Waals surface area (Å²) in [5.74, 6) is -0.647. The van der Waals surface area contributed by atoms with Gasteiger partial charge in [0.2, 0.25) is 5.55 Å². The van der Waals surface area contributed by atoms with Crippen molar-refractivity contribution in [2.24, 2.45) is 0 Å². The van der Waals surface area contributed by atoms with E-state index in [1.807, 2.05) is 0 Å². The molecule has 0 radical (unpaired) electrons. The summed E-state index contributed by atoms with van der Waals surface area (Å²) in [5, 5.41) is 22.3. The van der Waals surface area contributed by atoms with E-state index in [0.717, 1.165) is 0 Å². The second-order valence-electron chi connectivity index (χ2n) is 5.05. The lowest BCUT2D eigenvalue weighted by atomic mass is 10.1. The van der Waals surface area contributed by atoms with Crippen molar-refractivity contribution in [2.45, 2.75) is 0 Å². The largest absolute Gasteiger partial charge is 0.438 e. The minimum Gasteiger partial charge on any atom is -0.438 e. The third kappa shape index (κ3) is 3.47. The standard InChI is InChI=1S/C16H9Cl2N3O4/c17-9-1-3-12(18)13(7-9)20-16(22)11-6-8-5-10(21(23)24)2-4-14(8)25-15(11)19/h1-7,19H,(H,20,22). The molecule has 0 saturated carbocycles. The smallest absolute Gasteiger partial charge is 0.270 e. The van der Waals surface area contributed by atoms with Gasteiger partial charge in [0.15, 0.2) is 0 Å². The Labute approximate surface area is 150 Å². The maximum atomic E-state index is 12.4. The number of nitrogens with one attached hydrogen (secondary N) is 2. The third-order valence-electron chi connectivity index (χ3n) is 3.38. The Kier molecular flexibility index (Phi) is 4.43. The molecule has 0 bridgehead atoms. The number of carbonyl (C=O) groups excluding carboxylic acids is 1. The number of hydrogen-bond donors (Lipinski definition) is 2. The number of nitrogens with zero attached hydrogens (tertiary/aromatic N) is 1. The monoisotopic (exact) mass is 377 g/mol. The molecule has 1 aromatic heterocycles. The van der Waals surface area contributed by atoms with Crippen LogP contribution >= 0.6 is 23.2 Å².